The fourth-order valence-electron chi connectivity index (χ4n) is 1.77. The van der Waals surface area contributed by atoms with Crippen LogP contribution in [0.5, 0.6) is 0 Å². The van der Waals surface area contributed by atoms with Crippen LogP contribution in [-0.4, -0.2) is 12.4 Å². The molecular formula is C13H16BN. The van der Waals surface area contributed by atoms with Gasteiger partial charge in [0.15, 0.2) is 6.71 Å². The zero-order chi connectivity index (χ0) is 10.7. The molecule has 1 aliphatic rings. The Labute approximate surface area is 92.0 Å². The summed E-state index contributed by atoms with van der Waals surface area (Å²) >= 11 is 0. The lowest BCUT2D eigenvalue weighted by molar-refractivity contribution is 1.28. The standard InChI is InChI=1S/C13H16BN/c1-14(2)12-7-5-11(6-8-12)10-13-4-3-9-15-13/h3,5-9H,4,10H2,1-2H3. The van der Waals surface area contributed by atoms with E-state index in [9.17, 15) is 0 Å². The summed E-state index contributed by atoms with van der Waals surface area (Å²) in [5, 5.41) is 0. The highest BCUT2D eigenvalue weighted by atomic mass is 14.7. The molecule has 1 aliphatic heterocycles. The average molecular weight is 197 g/mol. The Bertz CT molecular complexity index is 388. The summed E-state index contributed by atoms with van der Waals surface area (Å²) < 4.78 is 0. The molecule has 0 radical (unpaired) electrons. The molecule has 0 N–H and O–H groups in total. The number of aliphatic imine (C=N–C) groups is 1. The van der Waals surface area contributed by atoms with Crippen molar-refractivity contribution in [2.24, 2.45) is 4.99 Å². The van der Waals surface area contributed by atoms with Gasteiger partial charge in [-0.1, -0.05) is 49.5 Å². The van der Waals surface area contributed by atoms with Crippen LogP contribution in [0.15, 0.2) is 41.5 Å². The van der Waals surface area contributed by atoms with Crippen molar-refractivity contribution < 1.29 is 0 Å². The monoisotopic (exact) mass is 197 g/mol. The summed E-state index contributed by atoms with van der Waals surface area (Å²) in [6.07, 6.45) is 6.02. The molecular weight excluding hydrogens is 181 g/mol. The van der Waals surface area contributed by atoms with Crippen LogP contribution >= 0.6 is 0 Å². The molecule has 0 atom stereocenters. The van der Waals surface area contributed by atoms with E-state index < -0.39 is 0 Å². The minimum atomic E-state index is 0.615. The first-order chi connectivity index (χ1) is 7.25. The predicted molar refractivity (Wildman–Crippen MR) is 68.5 cm³/mol. The quantitative estimate of drug-likeness (QED) is 0.660. The van der Waals surface area contributed by atoms with Crippen molar-refractivity contribution in [3.05, 3.63) is 42.1 Å². The Balaban J connectivity index is 2.04. The van der Waals surface area contributed by atoms with Gasteiger partial charge in [0.05, 0.1) is 0 Å². The van der Waals surface area contributed by atoms with Gasteiger partial charge in [0.1, 0.15) is 0 Å². The zero-order valence-corrected chi connectivity index (χ0v) is 9.40. The third kappa shape index (κ3) is 2.59. The lowest BCUT2D eigenvalue weighted by Crippen LogP contribution is -2.22. The van der Waals surface area contributed by atoms with Crippen molar-refractivity contribution in [2.75, 3.05) is 0 Å². The van der Waals surface area contributed by atoms with E-state index in [1.165, 1.54) is 16.7 Å². The maximum absolute atomic E-state index is 4.32. The summed E-state index contributed by atoms with van der Waals surface area (Å²) in [6.45, 7) is 5.06. The number of hydrogen-bond acceptors (Lipinski definition) is 1. The molecule has 0 bridgehead atoms. The minimum Gasteiger partial charge on any atom is -0.265 e. The fourth-order valence-corrected chi connectivity index (χ4v) is 1.77. The maximum Gasteiger partial charge on any atom is 0.169 e. The van der Waals surface area contributed by atoms with E-state index in [0.29, 0.717) is 6.71 Å². The molecule has 0 saturated carbocycles. The van der Waals surface area contributed by atoms with Crippen molar-refractivity contribution in [3.8, 4) is 0 Å². The molecule has 1 aromatic carbocycles. The third-order valence-electron chi connectivity index (χ3n) is 2.77. The Morgan fingerprint density at radius 3 is 2.47 bits per heavy atom. The zero-order valence-electron chi connectivity index (χ0n) is 9.40. The number of nitrogens with zero attached hydrogens (tertiary/aromatic N) is 1. The van der Waals surface area contributed by atoms with Crippen LogP contribution in [0.3, 0.4) is 0 Å². The minimum absolute atomic E-state index is 0.615. The molecule has 1 nitrogen and oxygen atoms in total. The van der Waals surface area contributed by atoms with Gasteiger partial charge in [-0.3, -0.25) is 4.99 Å². The van der Waals surface area contributed by atoms with Crippen LogP contribution in [0.4, 0.5) is 0 Å². The summed E-state index contributed by atoms with van der Waals surface area (Å²) in [5.41, 5.74) is 4.04. The van der Waals surface area contributed by atoms with E-state index in [1.54, 1.807) is 0 Å². The summed E-state index contributed by atoms with van der Waals surface area (Å²) in [7, 11) is 0. The van der Waals surface area contributed by atoms with Gasteiger partial charge in [-0.25, -0.2) is 0 Å². The number of benzene rings is 1. The first-order valence-corrected chi connectivity index (χ1v) is 5.55. The topological polar surface area (TPSA) is 12.4 Å². The molecule has 0 amide bonds. The largest absolute Gasteiger partial charge is 0.265 e. The summed E-state index contributed by atoms with van der Waals surface area (Å²) in [6, 6.07) is 8.89. The highest BCUT2D eigenvalue weighted by molar-refractivity contribution is 6.70. The number of allylic oxidation sites excluding steroid dienone is 1. The lowest BCUT2D eigenvalue weighted by Gasteiger charge is -2.05. The Hall–Kier alpha value is -1.31. The summed E-state index contributed by atoms with van der Waals surface area (Å²) in [4.78, 5) is 4.32. The molecule has 1 heterocycles. The molecule has 0 unspecified atom stereocenters. The molecule has 2 rings (SSSR count). The van der Waals surface area contributed by atoms with E-state index in [1.807, 2.05) is 6.20 Å². The molecule has 76 valence electrons. The second kappa shape index (κ2) is 4.48. The van der Waals surface area contributed by atoms with Gasteiger partial charge >= 0.3 is 0 Å². The summed E-state index contributed by atoms with van der Waals surface area (Å²) in [5.74, 6) is 0. The second-order valence-electron chi connectivity index (χ2n) is 4.36. The first-order valence-electron chi connectivity index (χ1n) is 5.55. The smallest absolute Gasteiger partial charge is 0.169 e. The third-order valence-corrected chi connectivity index (χ3v) is 2.77. The first kappa shape index (κ1) is 10.2. The van der Waals surface area contributed by atoms with E-state index in [4.69, 9.17) is 0 Å². The molecule has 0 aliphatic carbocycles. The SMILES string of the molecule is CB(C)c1ccc(CC2=NC=CC2)cc1. The molecule has 0 aromatic heterocycles. The van der Waals surface area contributed by atoms with Crippen molar-refractivity contribution in [3.63, 3.8) is 0 Å². The maximum atomic E-state index is 4.32. The number of hydrogen-bond donors (Lipinski definition) is 0. The van der Waals surface area contributed by atoms with E-state index >= 15 is 0 Å². The van der Waals surface area contributed by atoms with E-state index in [0.717, 1.165) is 12.8 Å². The van der Waals surface area contributed by atoms with Gasteiger partial charge in [-0.2, -0.15) is 0 Å². The molecule has 15 heavy (non-hydrogen) atoms. The molecule has 0 spiro atoms. The van der Waals surface area contributed by atoms with Gasteiger partial charge in [0, 0.05) is 24.8 Å². The van der Waals surface area contributed by atoms with Crippen LogP contribution in [0.25, 0.3) is 0 Å². The predicted octanol–water partition coefficient (Wildman–Crippen LogP) is 2.55. The van der Waals surface area contributed by atoms with Gasteiger partial charge in [-0.05, 0) is 5.56 Å². The van der Waals surface area contributed by atoms with E-state index in [2.05, 4.69) is 49.0 Å². The number of rotatable bonds is 3. The fraction of sp³-hybridized carbons (Fsp3) is 0.308. The molecule has 0 fully saturated rings. The highest BCUT2D eigenvalue weighted by Gasteiger charge is 2.05. The van der Waals surface area contributed by atoms with E-state index in [-0.39, 0.29) is 0 Å². The molecule has 2 heteroatoms. The second-order valence-corrected chi connectivity index (χ2v) is 4.36. The molecule has 1 aromatic rings. The Morgan fingerprint density at radius 2 is 1.93 bits per heavy atom. The van der Waals surface area contributed by atoms with Crippen LogP contribution < -0.4 is 5.46 Å². The normalized spacial score (nSPS) is 14.1. The van der Waals surface area contributed by atoms with Crippen LogP contribution in [0.1, 0.15) is 12.0 Å². The highest BCUT2D eigenvalue weighted by Crippen LogP contribution is 2.07. The van der Waals surface area contributed by atoms with Crippen molar-refractivity contribution in [1.29, 1.82) is 0 Å². The Kier molecular flexibility index (Phi) is 3.05. The van der Waals surface area contributed by atoms with Gasteiger partial charge in [0.25, 0.3) is 0 Å². The van der Waals surface area contributed by atoms with Gasteiger partial charge in [-0.15, -0.1) is 0 Å². The Morgan fingerprint density at radius 1 is 1.20 bits per heavy atom. The van der Waals surface area contributed by atoms with Gasteiger partial charge < -0.3 is 0 Å². The average Bonchev–Trinajstić information content (AvgIpc) is 2.71. The van der Waals surface area contributed by atoms with Crippen molar-refractivity contribution in [1.82, 2.24) is 0 Å². The van der Waals surface area contributed by atoms with Crippen LogP contribution in [0.2, 0.25) is 13.6 Å². The van der Waals surface area contributed by atoms with Crippen molar-refractivity contribution in [2.45, 2.75) is 26.5 Å². The van der Waals surface area contributed by atoms with Crippen LogP contribution in [-0.2, 0) is 6.42 Å². The lowest BCUT2D eigenvalue weighted by atomic mass is 9.49. The molecule has 0 saturated heterocycles. The van der Waals surface area contributed by atoms with Gasteiger partial charge in [0.2, 0.25) is 0 Å². The van der Waals surface area contributed by atoms with Crippen molar-refractivity contribution >= 4 is 17.9 Å². The van der Waals surface area contributed by atoms with Crippen LogP contribution in [0, 0.1) is 0 Å².